The Labute approximate surface area is 130 Å². The molecule has 6 nitrogen and oxygen atoms in total. The first-order valence-corrected chi connectivity index (χ1v) is 7.61. The molecule has 1 aliphatic heterocycles. The second kappa shape index (κ2) is 7.38. The standard InChI is InChI=1S/C16H21N3O3/c1-20-11-12-21-14-7-9-19(10-8-14)16-17-15(22-18-16)13-5-3-2-4-6-13/h2-6,14H,7-12H2,1H3. The molecular formula is C16H21N3O3. The van der Waals surface area contributed by atoms with Gasteiger partial charge in [0.25, 0.3) is 11.8 Å². The first kappa shape index (κ1) is 15.0. The van der Waals surface area contributed by atoms with E-state index in [1.54, 1.807) is 7.11 Å². The van der Waals surface area contributed by atoms with Crippen molar-refractivity contribution in [3.63, 3.8) is 0 Å². The third kappa shape index (κ3) is 3.64. The molecule has 0 N–H and O–H groups in total. The average molecular weight is 303 g/mol. The number of ether oxygens (including phenoxy) is 2. The van der Waals surface area contributed by atoms with E-state index in [1.807, 2.05) is 30.3 Å². The van der Waals surface area contributed by atoms with Crippen molar-refractivity contribution in [1.82, 2.24) is 10.1 Å². The minimum absolute atomic E-state index is 0.298. The van der Waals surface area contributed by atoms with Crippen LogP contribution in [0.25, 0.3) is 11.5 Å². The summed E-state index contributed by atoms with van der Waals surface area (Å²) in [6, 6.07) is 9.82. The molecule has 2 aromatic rings. The maximum atomic E-state index is 5.77. The lowest BCUT2D eigenvalue weighted by Gasteiger charge is -2.30. The second-order valence-electron chi connectivity index (χ2n) is 5.32. The molecule has 0 bridgehead atoms. The van der Waals surface area contributed by atoms with Crippen LogP contribution in [0.1, 0.15) is 12.8 Å². The predicted molar refractivity (Wildman–Crippen MR) is 82.8 cm³/mol. The van der Waals surface area contributed by atoms with E-state index in [-0.39, 0.29) is 0 Å². The molecule has 1 fully saturated rings. The molecule has 1 aromatic carbocycles. The van der Waals surface area contributed by atoms with Gasteiger partial charge in [-0.15, -0.1) is 0 Å². The number of nitrogens with zero attached hydrogens (tertiary/aromatic N) is 3. The van der Waals surface area contributed by atoms with Gasteiger partial charge in [-0.05, 0) is 30.1 Å². The quantitative estimate of drug-likeness (QED) is 0.764. The van der Waals surface area contributed by atoms with Gasteiger partial charge in [-0.1, -0.05) is 18.2 Å². The minimum atomic E-state index is 0.298. The zero-order valence-electron chi connectivity index (χ0n) is 12.8. The molecule has 0 spiro atoms. The van der Waals surface area contributed by atoms with E-state index < -0.39 is 0 Å². The third-order valence-electron chi connectivity index (χ3n) is 3.80. The number of hydrogen-bond acceptors (Lipinski definition) is 6. The van der Waals surface area contributed by atoms with Crippen LogP contribution >= 0.6 is 0 Å². The number of rotatable bonds is 6. The molecule has 118 valence electrons. The molecular weight excluding hydrogens is 282 g/mol. The van der Waals surface area contributed by atoms with Crippen molar-refractivity contribution in [3.8, 4) is 11.5 Å². The smallest absolute Gasteiger partial charge is 0.266 e. The average Bonchev–Trinajstić information content (AvgIpc) is 3.07. The Kier molecular flexibility index (Phi) is 5.03. The van der Waals surface area contributed by atoms with Crippen molar-refractivity contribution in [1.29, 1.82) is 0 Å². The largest absolute Gasteiger partial charge is 0.382 e. The molecule has 3 rings (SSSR count). The van der Waals surface area contributed by atoms with Crippen molar-refractivity contribution >= 4 is 5.95 Å². The zero-order valence-corrected chi connectivity index (χ0v) is 12.8. The van der Waals surface area contributed by atoms with E-state index in [1.165, 1.54) is 0 Å². The molecule has 0 unspecified atom stereocenters. The van der Waals surface area contributed by atoms with Crippen LogP contribution in [0.3, 0.4) is 0 Å². The maximum absolute atomic E-state index is 5.77. The lowest BCUT2D eigenvalue weighted by Crippen LogP contribution is -2.38. The van der Waals surface area contributed by atoms with Crippen LogP contribution in [0.2, 0.25) is 0 Å². The Morgan fingerprint density at radius 3 is 2.68 bits per heavy atom. The number of aromatic nitrogens is 2. The maximum Gasteiger partial charge on any atom is 0.266 e. The lowest BCUT2D eigenvalue weighted by atomic mass is 10.1. The lowest BCUT2D eigenvalue weighted by molar-refractivity contribution is 0.00595. The Morgan fingerprint density at radius 1 is 1.18 bits per heavy atom. The molecule has 6 heteroatoms. The molecule has 1 aromatic heterocycles. The molecule has 2 heterocycles. The zero-order chi connectivity index (χ0) is 15.2. The molecule has 0 aliphatic carbocycles. The molecule has 0 radical (unpaired) electrons. The van der Waals surface area contributed by atoms with E-state index in [0.717, 1.165) is 31.5 Å². The van der Waals surface area contributed by atoms with Crippen LogP contribution in [0.15, 0.2) is 34.9 Å². The second-order valence-corrected chi connectivity index (χ2v) is 5.32. The van der Waals surface area contributed by atoms with Crippen molar-refractivity contribution in [3.05, 3.63) is 30.3 Å². The molecule has 22 heavy (non-hydrogen) atoms. The molecule has 1 saturated heterocycles. The van der Waals surface area contributed by atoms with Gasteiger partial charge < -0.3 is 18.9 Å². The van der Waals surface area contributed by atoms with Crippen molar-refractivity contribution in [2.75, 3.05) is 38.3 Å². The van der Waals surface area contributed by atoms with Crippen molar-refractivity contribution < 1.29 is 14.0 Å². The number of anilines is 1. The number of hydrogen-bond donors (Lipinski definition) is 0. The van der Waals surface area contributed by atoms with E-state index >= 15 is 0 Å². The van der Waals surface area contributed by atoms with Crippen molar-refractivity contribution in [2.45, 2.75) is 18.9 Å². The molecule has 0 amide bonds. The normalized spacial score (nSPS) is 16.1. The molecule has 1 aliphatic rings. The van der Waals surface area contributed by atoms with Gasteiger partial charge in [0, 0.05) is 25.8 Å². The molecule has 0 saturated carbocycles. The summed E-state index contributed by atoms with van der Waals surface area (Å²) < 4.78 is 16.1. The first-order chi connectivity index (χ1) is 10.9. The highest BCUT2D eigenvalue weighted by Crippen LogP contribution is 2.23. The van der Waals surface area contributed by atoms with Crippen LogP contribution in [-0.4, -0.2) is 49.7 Å². The van der Waals surface area contributed by atoms with E-state index in [4.69, 9.17) is 14.0 Å². The van der Waals surface area contributed by atoms with Gasteiger partial charge in [-0.25, -0.2) is 0 Å². The Bertz CT molecular complexity index is 565. The Morgan fingerprint density at radius 2 is 1.95 bits per heavy atom. The third-order valence-corrected chi connectivity index (χ3v) is 3.80. The van der Waals surface area contributed by atoms with Crippen LogP contribution in [0.5, 0.6) is 0 Å². The summed E-state index contributed by atoms with van der Waals surface area (Å²) >= 11 is 0. The monoisotopic (exact) mass is 303 g/mol. The summed E-state index contributed by atoms with van der Waals surface area (Å²) in [5.41, 5.74) is 0.944. The fourth-order valence-corrected chi connectivity index (χ4v) is 2.56. The van der Waals surface area contributed by atoms with E-state index in [9.17, 15) is 0 Å². The fraction of sp³-hybridized carbons (Fsp3) is 0.500. The van der Waals surface area contributed by atoms with Gasteiger partial charge >= 0.3 is 0 Å². The van der Waals surface area contributed by atoms with Gasteiger partial charge in [0.05, 0.1) is 19.3 Å². The summed E-state index contributed by atoms with van der Waals surface area (Å²) in [5.74, 6) is 1.23. The summed E-state index contributed by atoms with van der Waals surface area (Å²) in [6.45, 7) is 3.06. The van der Waals surface area contributed by atoms with Gasteiger partial charge in [-0.2, -0.15) is 4.98 Å². The molecule has 0 atom stereocenters. The highest BCUT2D eigenvalue weighted by molar-refractivity contribution is 5.54. The fourth-order valence-electron chi connectivity index (χ4n) is 2.56. The topological polar surface area (TPSA) is 60.6 Å². The summed E-state index contributed by atoms with van der Waals surface area (Å²) in [6.07, 6.45) is 2.24. The highest BCUT2D eigenvalue weighted by Gasteiger charge is 2.23. The van der Waals surface area contributed by atoms with Gasteiger partial charge in [0.2, 0.25) is 0 Å². The van der Waals surface area contributed by atoms with E-state index in [0.29, 0.717) is 31.2 Å². The van der Waals surface area contributed by atoms with Gasteiger partial charge in [-0.3, -0.25) is 0 Å². The SMILES string of the molecule is COCCOC1CCN(c2noc(-c3ccccc3)n2)CC1. The number of methoxy groups -OCH3 is 1. The van der Waals surface area contributed by atoms with Crippen LogP contribution < -0.4 is 4.90 Å². The summed E-state index contributed by atoms with van der Waals surface area (Å²) in [5, 5.41) is 4.10. The minimum Gasteiger partial charge on any atom is -0.382 e. The number of benzene rings is 1. The highest BCUT2D eigenvalue weighted by atomic mass is 16.5. The first-order valence-electron chi connectivity index (χ1n) is 7.61. The van der Waals surface area contributed by atoms with Crippen LogP contribution in [0.4, 0.5) is 5.95 Å². The van der Waals surface area contributed by atoms with Gasteiger partial charge in [0.1, 0.15) is 0 Å². The number of piperidine rings is 1. The van der Waals surface area contributed by atoms with Gasteiger partial charge in [0.15, 0.2) is 0 Å². The Hall–Kier alpha value is -1.92. The van der Waals surface area contributed by atoms with Crippen molar-refractivity contribution in [2.24, 2.45) is 0 Å². The summed E-state index contributed by atoms with van der Waals surface area (Å²) in [4.78, 5) is 6.64. The predicted octanol–water partition coefficient (Wildman–Crippen LogP) is 2.37. The van der Waals surface area contributed by atoms with E-state index in [2.05, 4.69) is 15.0 Å². The summed E-state index contributed by atoms with van der Waals surface area (Å²) in [7, 11) is 1.69. The van der Waals surface area contributed by atoms with Crippen LogP contribution in [0, 0.1) is 0 Å². The Balaban J connectivity index is 1.55. The van der Waals surface area contributed by atoms with Crippen LogP contribution in [-0.2, 0) is 9.47 Å².